The van der Waals surface area contributed by atoms with Gasteiger partial charge >= 0.3 is 0 Å². The van der Waals surface area contributed by atoms with E-state index in [-0.39, 0.29) is 5.54 Å². The van der Waals surface area contributed by atoms with E-state index in [2.05, 4.69) is 41.2 Å². The van der Waals surface area contributed by atoms with Crippen molar-refractivity contribution < 1.29 is 9.47 Å². The molecule has 3 rings (SSSR count). The highest BCUT2D eigenvalue weighted by molar-refractivity contribution is 9.10. The Balaban J connectivity index is 2.16. The lowest BCUT2D eigenvalue weighted by Crippen LogP contribution is -2.34. The summed E-state index contributed by atoms with van der Waals surface area (Å²) in [5, 5.41) is 3.60. The van der Waals surface area contributed by atoms with Gasteiger partial charge in [-0.3, -0.25) is 0 Å². The minimum absolute atomic E-state index is 0.0455. The molecule has 1 aromatic carbocycles. The van der Waals surface area contributed by atoms with Crippen LogP contribution in [0, 0.1) is 6.92 Å². The Bertz CT molecular complexity index is 467. The molecule has 17 heavy (non-hydrogen) atoms. The summed E-state index contributed by atoms with van der Waals surface area (Å²) < 4.78 is 12.0. The van der Waals surface area contributed by atoms with Gasteiger partial charge in [0, 0.05) is 5.54 Å². The zero-order valence-corrected chi connectivity index (χ0v) is 11.7. The molecule has 0 bridgehead atoms. The van der Waals surface area contributed by atoms with Crippen LogP contribution >= 0.6 is 15.9 Å². The average Bonchev–Trinajstić information content (AvgIpc) is 2.87. The molecule has 2 aliphatic heterocycles. The summed E-state index contributed by atoms with van der Waals surface area (Å²) in [6, 6.07) is 2.08. The van der Waals surface area contributed by atoms with Crippen molar-refractivity contribution in [1.29, 1.82) is 0 Å². The maximum absolute atomic E-state index is 5.53. The molecule has 92 valence electrons. The number of nitrogens with one attached hydrogen (secondary N) is 1. The number of halogens is 1. The molecule has 1 N–H and O–H groups in total. The molecule has 1 unspecified atom stereocenters. The fraction of sp³-hybridized carbons (Fsp3) is 0.538. The Morgan fingerprint density at radius 2 is 2.24 bits per heavy atom. The lowest BCUT2D eigenvalue weighted by molar-refractivity contribution is 0.173. The first-order valence-electron chi connectivity index (χ1n) is 5.96. The van der Waals surface area contributed by atoms with Crippen molar-refractivity contribution in [1.82, 2.24) is 5.32 Å². The second-order valence-corrected chi connectivity index (χ2v) is 5.77. The van der Waals surface area contributed by atoms with Gasteiger partial charge in [0.2, 0.25) is 6.79 Å². The lowest BCUT2D eigenvalue weighted by Gasteiger charge is -2.28. The Kier molecular flexibility index (Phi) is 2.60. The summed E-state index contributed by atoms with van der Waals surface area (Å²) in [4.78, 5) is 0. The monoisotopic (exact) mass is 297 g/mol. The van der Waals surface area contributed by atoms with Crippen molar-refractivity contribution >= 4 is 15.9 Å². The fourth-order valence-corrected chi connectivity index (χ4v) is 3.97. The summed E-state index contributed by atoms with van der Waals surface area (Å²) in [5.74, 6) is 1.69. The quantitative estimate of drug-likeness (QED) is 0.864. The average molecular weight is 298 g/mol. The molecule has 2 heterocycles. The van der Waals surface area contributed by atoms with E-state index in [9.17, 15) is 0 Å². The Morgan fingerprint density at radius 3 is 2.94 bits per heavy atom. The third-order valence-corrected chi connectivity index (χ3v) is 4.48. The van der Waals surface area contributed by atoms with E-state index in [4.69, 9.17) is 9.47 Å². The van der Waals surface area contributed by atoms with Crippen LogP contribution in [0.4, 0.5) is 0 Å². The van der Waals surface area contributed by atoms with Crippen molar-refractivity contribution in [2.24, 2.45) is 0 Å². The topological polar surface area (TPSA) is 30.5 Å². The normalized spacial score (nSPS) is 26.5. The molecular weight excluding hydrogens is 282 g/mol. The number of ether oxygens (including phenoxy) is 2. The Labute approximate surface area is 110 Å². The minimum atomic E-state index is 0.0455. The molecule has 0 aromatic heterocycles. The van der Waals surface area contributed by atoms with Gasteiger partial charge in [0.05, 0.1) is 4.47 Å². The molecule has 2 aliphatic rings. The molecule has 0 spiro atoms. The van der Waals surface area contributed by atoms with Crippen molar-refractivity contribution in [2.75, 3.05) is 13.3 Å². The second kappa shape index (κ2) is 3.89. The van der Waals surface area contributed by atoms with Gasteiger partial charge < -0.3 is 14.8 Å². The molecule has 1 aromatic rings. The largest absolute Gasteiger partial charge is 0.454 e. The van der Waals surface area contributed by atoms with Crippen LogP contribution in [0.15, 0.2) is 10.5 Å². The molecule has 0 saturated carbocycles. The van der Waals surface area contributed by atoms with Crippen molar-refractivity contribution in [3.05, 3.63) is 21.7 Å². The number of benzene rings is 1. The fourth-order valence-electron chi connectivity index (χ4n) is 2.91. The standard InChI is InChI=1S/C13H16BrNO2/c1-8-6-9-12(17-7-16-9)11(14)10(8)13(2)4-3-5-15-13/h6,15H,3-5,7H2,1-2H3. The SMILES string of the molecule is Cc1cc2c(c(Br)c1C1(C)CCCN1)OCO2. The highest BCUT2D eigenvalue weighted by atomic mass is 79.9. The van der Waals surface area contributed by atoms with Crippen LogP contribution < -0.4 is 14.8 Å². The highest BCUT2D eigenvalue weighted by Crippen LogP contribution is 2.47. The lowest BCUT2D eigenvalue weighted by atomic mass is 9.87. The first-order chi connectivity index (χ1) is 8.12. The maximum atomic E-state index is 5.53. The Morgan fingerprint density at radius 1 is 1.41 bits per heavy atom. The molecule has 1 saturated heterocycles. The summed E-state index contributed by atoms with van der Waals surface area (Å²) in [6.07, 6.45) is 2.38. The van der Waals surface area contributed by atoms with Gasteiger partial charge in [0.1, 0.15) is 0 Å². The predicted molar refractivity (Wildman–Crippen MR) is 69.6 cm³/mol. The van der Waals surface area contributed by atoms with Crippen LogP contribution in [-0.2, 0) is 5.54 Å². The van der Waals surface area contributed by atoms with Gasteiger partial charge in [-0.25, -0.2) is 0 Å². The van der Waals surface area contributed by atoms with E-state index in [1.165, 1.54) is 17.5 Å². The van der Waals surface area contributed by atoms with E-state index >= 15 is 0 Å². The second-order valence-electron chi connectivity index (χ2n) is 4.98. The molecule has 1 atom stereocenters. The van der Waals surface area contributed by atoms with Crippen LogP contribution in [0.25, 0.3) is 0 Å². The van der Waals surface area contributed by atoms with Crippen molar-refractivity contribution in [3.63, 3.8) is 0 Å². The number of aryl methyl sites for hydroxylation is 1. The van der Waals surface area contributed by atoms with Gasteiger partial charge in [-0.2, -0.15) is 0 Å². The Hall–Kier alpha value is -0.740. The predicted octanol–water partition coefficient (Wildman–Crippen LogP) is 3.08. The first kappa shape index (κ1) is 11.4. The third kappa shape index (κ3) is 1.66. The van der Waals surface area contributed by atoms with Gasteiger partial charge in [0.25, 0.3) is 0 Å². The number of hydrogen-bond donors (Lipinski definition) is 1. The van der Waals surface area contributed by atoms with Gasteiger partial charge in [0.15, 0.2) is 11.5 Å². The van der Waals surface area contributed by atoms with Gasteiger partial charge in [-0.1, -0.05) is 0 Å². The number of rotatable bonds is 1. The van der Waals surface area contributed by atoms with E-state index in [1.54, 1.807) is 0 Å². The van der Waals surface area contributed by atoms with Gasteiger partial charge in [-0.15, -0.1) is 0 Å². The summed E-state index contributed by atoms with van der Waals surface area (Å²) in [5.41, 5.74) is 2.60. The van der Waals surface area contributed by atoms with E-state index in [1.807, 2.05) is 0 Å². The molecule has 3 nitrogen and oxygen atoms in total. The molecule has 1 fully saturated rings. The van der Waals surface area contributed by atoms with E-state index in [0.29, 0.717) is 6.79 Å². The summed E-state index contributed by atoms with van der Waals surface area (Å²) in [7, 11) is 0. The van der Waals surface area contributed by atoms with Crippen LogP contribution in [-0.4, -0.2) is 13.3 Å². The zero-order chi connectivity index (χ0) is 12.0. The highest BCUT2D eigenvalue weighted by Gasteiger charge is 2.36. The molecule has 4 heteroatoms. The van der Waals surface area contributed by atoms with Crippen LogP contribution in [0.5, 0.6) is 11.5 Å². The molecular formula is C13H16BrNO2. The molecule has 0 radical (unpaired) electrons. The molecule has 0 aliphatic carbocycles. The first-order valence-corrected chi connectivity index (χ1v) is 6.75. The maximum Gasteiger partial charge on any atom is 0.231 e. The number of fused-ring (bicyclic) bond motifs is 1. The summed E-state index contributed by atoms with van der Waals surface area (Å²) >= 11 is 3.68. The van der Waals surface area contributed by atoms with Crippen molar-refractivity contribution in [3.8, 4) is 11.5 Å². The van der Waals surface area contributed by atoms with Crippen LogP contribution in [0.1, 0.15) is 30.9 Å². The minimum Gasteiger partial charge on any atom is -0.454 e. The van der Waals surface area contributed by atoms with Gasteiger partial charge in [-0.05, 0) is 66.4 Å². The third-order valence-electron chi connectivity index (χ3n) is 3.72. The van der Waals surface area contributed by atoms with Crippen LogP contribution in [0.3, 0.4) is 0 Å². The van der Waals surface area contributed by atoms with E-state index in [0.717, 1.165) is 28.9 Å². The summed E-state index contributed by atoms with van der Waals surface area (Å²) in [6.45, 7) is 5.79. The molecule has 0 amide bonds. The van der Waals surface area contributed by atoms with Crippen molar-refractivity contribution in [2.45, 2.75) is 32.2 Å². The zero-order valence-electron chi connectivity index (χ0n) is 10.1. The smallest absolute Gasteiger partial charge is 0.231 e. The number of hydrogen-bond acceptors (Lipinski definition) is 3. The van der Waals surface area contributed by atoms with Crippen LogP contribution in [0.2, 0.25) is 0 Å². The van der Waals surface area contributed by atoms with E-state index < -0.39 is 0 Å².